The van der Waals surface area contributed by atoms with Crippen LogP contribution in [0.4, 0.5) is 8.78 Å². The standard InChI is InChI=1S/C15H15F2N3O2/c1-2-12-19-14(20-22-12)9-3-5-10-8(7-9)4-6-11(10)18-15(21)13(16)17/h3,5,7,11,13H,2,4,6H2,1H3,(H,18,21). The number of nitrogens with one attached hydrogen (secondary N) is 1. The lowest BCUT2D eigenvalue weighted by Gasteiger charge is -2.13. The van der Waals surface area contributed by atoms with Crippen LogP contribution >= 0.6 is 0 Å². The first-order chi connectivity index (χ1) is 10.6. The summed E-state index contributed by atoms with van der Waals surface area (Å²) < 4.78 is 29.8. The molecule has 0 fully saturated rings. The molecule has 2 aromatic rings. The van der Waals surface area contributed by atoms with Gasteiger partial charge in [0.15, 0.2) is 0 Å². The smallest absolute Gasteiger partial charge is 0.315 e. The van der Waals surface area contributed by atoms with Crippen LogP contribution in [0.2, 0.25) is 0 Å². The fourth-order valence-electron chi connectivity index (χ4n) is 2.66. The Labute approximate surface area is 125 Å². The minimum atomic E-state index is -2.99. The molecule has 0 saturated carbocycles. The first kappa shape index (κ1) is 14.6. The molecule has 1 unspecified atom stereocenters. The second-order valence-corrected chi connectivity index (χ2v) is 5.18. The van der Waals surface area contributed by atoms with Crippen LogP contribution in [0.25, 0.3) is 11.4 Å². The van der Waals surface area contributed by atoms with Crippen LogP contribution in [0.3, 0.4) is 0 Å². The highest BCUT2D eigenvalue weighted by atomic mass is 19.3. The average Bonchev–Trinajstić information content (AvgIpc) is 3.13. The summed E-state index contributed by atoms with van der Waals surface area (Å²) in [7, 11) is 0. The van der Waals surface area contributed by atoms with E-state index in [1.165, 1.54) is 0 Å². The molecular weight excluding hydrogens is 292 g/mol. The van der Waals surface area contributed by atoms with E-state index in [9.17, 15) is 13.6 Å². The van der Waals surface area contributed by atoms with Crippen molar-refractivity contribution >= 4 is 5.91 Å². The zero-order chi connectivity index (χ0) is 15.7. The van der Waals surface area contributed by atoms with Crippen molar-refractivity contribution in [2.24, 2.45) is 0 Å². The van der Waals surface area contributed by atoms with Gasteiger partial charge in [-0.1, -0.05) is 24.2 Å². The topological polar surface area (TPSA) is 68.0 Å². The second-order valence-electron chi connectivity index (χ2n) is 5.18. The van der Waals surface area contributed by atoms with Gasteiger partial charge in [-0.2, -0.15) is 13.8 Å². The van der Waals surface area contributed by atoms with E-state index in [0.717, 1.165) is 23.1 Å². The number of aryl methyl sites for hydroxylation is 2. The molecule has 1 aliphatic carbocycles. The Balaban J connectivity index is 1.82. The van der Waals surface area contributed by atoms with E-state index in [-0.39, 0.29) is 6.04 Å². The molecule has 1 aliphatic rings. The number of fused-ring (bicyclic) bond motifs is 1. The van der Waals surface area contributed by atoms with Crippen molar-refractivity contribution in [3.63, 3.8) is 0 Å². The number of amides is 1. The molecule has 7 heteroatoms. The van der Waals surface area contributed by atoms with E-state index in [4.69, 9.17) is 4.52 Å². The van der Waals surface area contributed by atoms with Gasteiger partial charge in [-0.3, -0.25) is 4.79 Å². The summed E-state index contributed by atoms with van der Waals surface area (Å²) in [6.07, 6.45) is -0.991. The van der Waals surface area contributed by atoms with Crippen LogP contribution in [0, 0.1) is 0 Å². The van der Waals surface area contributed by atoms with Crippen molar-refractivity contribution in [2.75, 3.05) is 0 Å². The van der Waals surface area contributed by atoms with E-state index in [2.05, 4.69) is 15.5 Å². The van der Waals surface area contributed by atoms with Gasteiger partial charge >= 0.3 is 6.43 Å². The molecule has 5 nitrogen and oxygen atoms in total. The second kappa shape index (κ2) is 5.82. The monoisotopic (exact) mass is 307 g/mol. The summed E-state index contributed by atoms with van der Waals surface area (Å²) in [5.74, 6) is -0.148. The SMILES string of the molecule is CCc1nc(-c2ccc3c(c2)CCC3NC(=O)C(F)F)no1. The number of hydrogen-bond acceptors (Lipinski definition) is 4. The summed E-state index contributed by atoms with van der Waals surface area (Å²) >= 11 is 0. The van der Waals surface area contributed by atoms with Gasteiger partial charge in [-0.25, -0.2) is 0 Å². The van der Waals surface area contributed by atoms with Gasteiger partial charge in [-0.05, 0) is 30.0 Å². The normalized spacial score (nSPS) is 16.8. The highest BCUT2D eigenvalue weighted by molar-refractivity contribution is 5.79. The Kier molecular flexibility index (Phi) is 3.87. The Hall–Kier alpha value is -2.31. The minimum Gasteiger partial charge on any atom is -0.344 e. The van der Waals surface area contributed by atoms with Crippen LogP contribution in [0.5, 0.6) is 0 Å². The van der Waals surface area contributed by atoms with Crippen LogP contribution in [0.1, 0.15) is 36.4 Å². The number of benzene rings is 1. The van der Waals surface area contributed by atoms with E-state index in [1.54, 1.807) is 0 Å². The number of nitrogens with zero attached hydrogens (tertiary/aromatic N) is 2. The number of rotatable bonds is 4. The minimum absolute atomic E-state index is 0.359. The lowest BCUT2D eigenvalue weighted by Crippen LogP contribution is -2.32. The quantitative estimate of drug-likeness (QED) is 0.943. The third kappa shape index (κ3) is 2.70. The Morgan fingerprint density at radius 3 is 3.00 bits per heavy atom. The molecule has 1 amide bonds. The predicted molar refractivity (Wildman–Crippen MR) is 74.3 cm³/mol. The molecule has 1 atom stereocenters. The van der Waals surface area contributed by atoms with E-state index >= 15 is 0 Å². The van der Waals surface area contributed by atoms with Crippen LogP contribution < -0.4 is 5.32 Å². The number of aromatic nitrogens is 2. The summed E-state index contributed by atoms with van der Waals surface area (Å²) in [6.45, 7) is 1.93. The highest BCUT2D eigenvalue weighted by Gasteiger charge is 2.27. The number of carbonyl (C=O) groups is 1. The van der Waals surface area contributed by atoms with Gasteiger partial charge in [0.2, 0.25) is 11.7 Å². The largest absolute Gasteiger partial charge is 0.344 e. The molecule has 116 valence electrons. The zero-order valence-corrected chi connectivity index (χ0v) is 12.0. The summed E-state index contributed by atoms with van der Waals surface area (Å²) in [5, 5.41) is 6.29. The van der Waals surface area contributed by atoms with Crippen molar-refractivity contribution in [2.45, 2.75) is 38.7 Å². The molecule has 1 aromatic carbocycles. The van der Waals surface area contributed by atoms with Gasteiger partial charge in [0, 0.05) is 12.0 Å². The number of halogens is 2. The molecule has 1 heterocycles. The maximum atomic E-state index is 12.3. The van der Waals surface area contributed by atoms with Crippen molar-refractivity contribution in [3.8, 4) is 11.4 Å². The Morgan fingerprint density at radius 1 is 1.50 bits per heavy atom. The molecular formula is C15H15F2N3O2. The third-order valence-corrected chi connectivity index (χ3v) is 3.76. The fourth-order valence-corrected chi connectivity index (χ4v) is 2.66. The van der Waals surface area contributed by atoms with E-state index < -0.39 is 12.3 Å². The maximum absolute atomic E-state index is 12.3. The Bertz CT molecular complexity index is 700. The molecule has 22 heavy (non-hydrogen) atoms. The highest BCUT2D eigenvalue weighted by Crippen LogP contribution is 2.33. The zero-order valence-electron chi connectivity index (χ0n) is 12.0. The summed E-state index contributed by atoms with van der Waals surface area (Å²) in [5.41, 5.74) is 2.71. The molecule has 0 bridgehead atoms. The molecule has 3 rings (SSSR count). The van der Waals surface area contributed by atoms with Crippen molar-refractivity contribution in [1.82, 2.24) is 15.5 Å². The molecule has 1 N–H and O–H groups in total. The van der Waals surface area contributed by atoms with Gasteiger partial charge in [-0.15, -0.1) is 0 Å². The Morgan fingerprint density at radius 2 is 2.32 bits per heavy atom. The predicted octanol–water partition coefficient (Wildman–Crippen LogP) is 2.67. The van der Waals surface area contributed by atoms with Crippen LogP contribution in [-0.2, 0) is 17.6 Å². The lowest BCUT2D eigenvalue weighted by molar-refractivity contribution is -0.132. The van der Waals surface area contributed by atoms with Crippen molar-refractivity contribution in [3.05, 3.63) is 35.2 Å². The lowest BCUT2D eigenvalue weighted by atomic mass is 10.0. The first-order valence-electron chi connectivity index (χ1n) is 7.12. The molecule has 0 spiro atoms. The molecule has 0 radical (unpaired) electrons. The van der Waals surface area contributed by atoms with Gasteiger partial charge in [0.25, 0.3) is 5.91 Å². The van der Waals surface area contributed by atoms with Gasteiger partial charge < -0.3 is 9.84 Å². The molecule has 1 aromatic heterocycles. The first-order valence-corrected chi connectivity index (χ1v) is 7.12. The average molecular weight is 307 g/mol. The summed E-state index contributed by atoms with van der Waals surface area (Å²) in [6, 6.07) is 5.21. The molecule has 0 saturated heterocycles. The van der Waals surface area contributed by atoms with Crippen molar-refractivity contribution in [1.29, 1.82) is 0 Å². The number of hydrogen-bond donors (Lipinski definition) is 1. The summed E-state index contributed by atoms with van der Waals surface area (Å²) in [4.78, 5) is 15.4. The van der Waals surface area contributed by atoms with Crippen LogP contribution in [0.15, 0.2) is 22.7 Å². The maximum Gasteiger partial charge on any atom is 0.315 e. The van der Waals surface area contributed by atoms with Crippen LogP contribution in [-0.4, -0.2) is 22.5 Å². The number of carbonyl (C=O) groups excluding carboxylic acids is 1. The third-order valence-electron chi connectivity index (χ3n) is 3.76. The van der Waals surface area contributed by atoms with E-state index in [1.807, 2.05) is 25.1 Å². The molecule has 0 aliphatic heterocycles. The van der Waals surface area contributed by atoms with Crippen molar-refractivity contribution < 1.29 is 18.1 Å². The van der Waals surface area contributed by atoms with E-state index in [0.29, 0.717) is 24.6 Å². The van der Waals surface area contributed by atoms with Gasteiger partial charge in [0.05, 0.1) is 6.04 Å². The van der Waals surface area contributed by atoms with Gasteiger partial charge in [0.1, 0.15) is 0 Å². The fraction of sp³-hybridized carbons (Fsp3) is 0.400. The number of alkyl halides is 2.